The van der Waals surface area contributed by atoms with Crippen molar-refractivity contribution in [2.24, 2.45) is 0 Å². The molecule has 0 rings (SSSR count). The molecule has 0 heterocycles. The molecule has 0 spiro atoms. The average molecular weight is 525 g/mol. The van der Waals surface area contributed by atoms with Crippen molar-refractivity contribution in [3.8, 4) is 0 Å². The summed E-state index contributed by atoms with van der Waals surface area (Å²) in [5.74, 6) is 0. The molecule has 0 saturated heterocycles. The second-order valence-corrected chi connectivity index (χ2v) is 11.5. The Morgan fingerprint density at radius 2 is 0.742 bits per heavy atom. The Hall–Kier alpha value is 0.864. The van der Waals surface area contributed by atoms with E-state index in [4.69, 9.17) is 20.4 Å². The average Bonchev–Trinajstić information content (AvgIpc) is 2.74. The number of unbranched alkanes of at least 4 members (excludes halogenated alkanes) is 3. The van der Waals surface area contributed by atoms with Gasteiger partial charge >= 0.3 is 207 Å². The zero-order chi connectivity index (χ0) is 23.2. The first-order valence-corrected chi connectivity index (χ1v) is 16.4. The van der Waals surface area contributed by atoms with Crippen molar-refractivity contribution in [3.63, 3.8) is 0 Å². The molecule has 0 aliphatic carbocycles. The normalized spacial score (nSPS) is 14.5. The molecule has 0 aliphatic rings. The molecule has 7 heteroatoms. The summed E-state index contributed by atoms with van der Waals surface area (Å²) in [7, 11) is 0. The summed E-state index contributed by atoms with van der Waals surface area (Å²) in [4.78, 5) is 0. The second kappa shape index (κ2) is 24.0. The second-order valence-electron chi connectivity index (χ2n) is 8.02. The van der Waals surface area contributed by atoms with Gasteiger partial charge in [0.1, 0.15) is 0 Å². The summed E-state index contributed by atoms with van der Waals surface area (Å²) in [6, 6.07) is 0. The van der Waals surface area contributed by atoms with E-state index in [1.165, 1.54) is 0 Å². The van der Waals surface area contributed by atoms with Gasteiger partial charge in [0.15, 0.2) is 0 Å². The predicted molar refractivity (Wildman–Crippen MR) is 122 cm³/mol. The zero-order valence-corrected chi connectivity index (χ0v) is 24.2. The van der Waals surface area contributed by atoms with E-state index in [0.29, 0.717) is 19.8 Å². The first-order valence-electron chi connectivity index (χ1n) is 13.0. The molecule has 31 heavy (non-hydrogen) atoms. The quantitative estimate of drug-likeness (QED) is 0.0981. The molecule has 0 aliphatic heterocycles. The van der Waals surface area contributed by atoms with Crippen LogP contribution in [0, 0.1) is 0 Å². The van der Waals surface area contributed by atoms with Crippen molar-refractivity contribution in [1.82, 2.24) is 0 Å². The molecule has 0 aromatic heterocycles. The van der Waals surface area contributed by atoms with Crippen LogP contribution in [0.25, 0.3) is 0 Å². The first kappa shape index (κ1) is 31.9. The molecule has 3 unspecified atom stereocenters. The molecule has 0 aromatic carbocycles. The summed E-state index contributed by atoms with van der Waals surface area (Å²) < 4.78 is 37.2. The Bertz CT molecular complexity index is 309. The molecule has 0 bridgehead atoms. The fourth-order valence-electron chi connectivity index (χ4n) is 2.82. The third-order valence-electron chi connectivity index (χ3n) is 4.77. The molecule has 6 nitrogen and oxygen atoms in total. The van der Waals surface area contributed by atoms with Gasteiger partial charge in [0, 0.05) is 0 Å². The maximum absolute atomic E-state index is 6.39. The van der Waals surface area contributed by atoms with E-state index in [-0.39, 0.29) is 18.9 Å². The van der Waals surface area contributed by atoms with E-state index in [9.17, 15) is 0 Å². The summed E-state index contributed by atoms with van der Waals surface area (Å²) in [6.45, 7) is 15.1. The molecular weight excluding hydrogens is 473 g/mol. The summed E-state index contributed by atoms with van der Waals surface area (Å²) in [5, 5.41) is 0. The van der Waals surface area contributed by atoms with Crippen LogP contribution in [0.1, 0.15) is 119 Å². The monoisotopic (exact) mass is 524 g/mol. The maximum atomic E-state index is 6.39. The predicted octanol–water partition coefficient (Wildman–Crippen LogP) is 7.23. The van der Waals surface area contributed by atoms with E-state index in [2.05, 4.69) is 41.5 Å². The van der Waals surface area contributed by atoms with Crippen molar-refractivity contribution in [2.45, 2.75) is 137 Å². The van der Waals surface area contributed by atoms with E-state index in [1.807, 2.05) is 0 Å². The van der Waals surface area contributed by atoms with Crippen LogP contribution in [0.5, 0.6) is 0 Å². The molecule has 0 fully saturated rings. The van der Waals surface area contributed by atoms with Gasteiger partial charge in [0.25, 0.3) is 0 Å². The van der Waals surface area contributed by atoms with Gasteiger partial charge in [-0.25, -0.2) is 0 Å². The van der Waals surface area contributed by atoms with Crippen LogP contribution < -0.4 is 0 Å². The SMILES string of the molecule is CCCCOC(CCC)[O][Y]([O]C(CCC)OCCCC)[O]C(CCC)OCCCC. The fraction of sp³-hybridized carbons (Fsp3) is 1.00. The van der Waals surface area contributed by atoms with Gasteiger partial charge in [-0.2, -0.15) is 0 Å². The van der Waals surface area contributed by atoms with Crippen LogP contribution >= 0.6 is 0 Å². The number of hydrogen-bond donors (Lipinski definition) is 0. The summed E-state index contributed by atoms with van der Waals surface area (Å²) in [5.41, 5.74) is 0. The minimum absolute atomic E-state index is 0.270. The van der Waals surface area contributed by atoms with Crippen molar-refractivity contribution < 1.29 is 49.3 Å². The first-order chi connectivity index (χ1) is 15.1. The van der Waals surface area contributed by atoms with Crippen molar-refractivity contribution in [2.75, 3.05) is 19.8 Å². The van der Waals surface area contributed by atoms with Crippen LogP contribution in [0.4, 0.5) is 0 Å². The molecule has 186 valence electrons. The Morgan fingerprint density at radius 1 is 0.452 bits per heavy atom. The van der Waals surface area contributed by atoms with Crippen LogP contribution in [0.15, 0.2) is 0 Å². The van der Waals surface area contributed by atoms with Crippen LogP contribution in [-0.4, -0.2) is 38.7 Å². The van der Waals surface area contributed by atoms with E-state index >= 15 is 0 Å². The van der Waals surface area contributed by atoms with Crippen molar-refractivity contribution in [3.05, 3.63) is 0 Å². The van der Waals surface area contributed by atoms with E-state index in [0.717, 1.165) is 77.0 Å². The molecular formula is C24H51O6Y. The van der Waals surface area contributed by atoms with Gasteiger partial charge in [-0.3, -0.25) is 0 Å². The molecule has 0 saturated carbocycles. The molecule has 0 radical (unpaired) electrons. The van der Waals surface area contributed by atoms with Crippen LogP contribution in [0.2, 0.25) is 0 Å². The molecule has 3 atom stereocenters. The zero-order valence-electron chi connectivity index (χ0n) is 21.4. The summed E-state index contributed by atoms with van der Waals surface area (Å²) >= 11 is -3.38. The molecule has 0 N–H and O–H groups in total. The van der Waals surface area contributed by atoms with Crippen molar-refractivity contribution >= 4 is 0 Å². The minimum atomic E-state index is -3.38. The van der Waals surface area contributed by atoms with Gasteiger partial charge in [0.2, 0.25) is 0 Å². The molecule has 0 aromatic rings. The van der Waals surface area contributed by atoms with Crippen LogP contribution in [0.3, 0.4) is 0 Å². The Labute approximate surface area is 205 Å². The van der Waals surface area contributed by atoms with Gasteiger partial charge < -0.3 is 0 Å². The Balaban J connectivity index is 5.17. The van der Waals surface area contributed by atoms with Crippen molar-refractivity contribution in [1.29, 1.82) is 0 Å². The van der Waals surface area contributed by atoms with Crippen LogP contribution in [-0.2, 0) is 49.3 Å². The number of rotatable bonds is 24. The van der Waals surface area contributed by atoms with Gasteiger partial charge in [-0.15, -0.1) is 0 Å². The summed E-state index contributed by atoms with van der Waals surface area (Å²) in [6.07, 6.45) is 11.1. The van der Waals surface area contributed by atoms with E-state index in [1.54, 1.807) is 0 Å². The number of hydrogen-bond acceptors (Lipinski definition) is 6. The Morgan fingerprint density at radius 3 is 0.968 bits per heavy atom. The van der Waals surface area contributed by atoms with Gasteiger partial charge in [-0.1, -0.05) is 0 Å². The topological polar surface area (TPSA) is 55.4 Å². The van der Waals surface area contributed by atoms with Gasteiger partial charge in [0.05, 0.1) is 0 Å². The standard InChI is InChI=1S/3C8H17O2.Y/c3*1-3-5-7-10-8(9)6-4-2;/h3*8H,3-7H2,1-2H3;/q3*-1;+3. The van der Waals surface area contributed by atoms with E-state index < -0.39 is 29.0 Å². The third-order valence-corrected chi connectivity index (χ3v) is 8.64. The Kier molecular flexibility index (Phi) is 24.7. The molecule has 0 amide bonds. The third kappa shape index (κ3) is 18.9. The fourth-order valence-corrected chi connectivity index (χ4v) is 6.71. The number of ether oxygens (including phenoxy) is 3. The van der Waals surface area contributed by atoms with Gasteiger partial charge in [-0.05, 0) is 0 Å².